The van der Waals surface area contributed by atoms with Crippen LogP contribution in [-0.2, 0) is 19.6 Å². The monoisotopic (exact) mass is 649 g/mol. The summed E-state index contributed by atoms with van der Waals surface area (Å²) in [5.74, 6) is -0.930. The number of aliphatic hydroxyl groups is 1. The molecule has 0 aliphatic heterocycles. The zero-order chi connectivity index (χ0) is 32.4. The Morgan fingerprint density at radius 3 is 1.89 bits per heavy atom. The molecule has 0 fully saturated rings. The lowest BCUT2D eigenvalue weighted by atomic mass is 9.84. The minimum absolute atomic E-state index is 0.157. The van der Waals surface area contributed by atoms with Crippen molar-refractivity contribution in [3.8, 4) is 0 Å². The third-order valence-corrected chi connectivity index (χ3v) is 10.8. The molecule has 45 heavy (non-hydrogen) atoms. The Labute approximate surface area is 268 Å². The highest BCUT2D eigenvalue weighted by molar-refractivity contribution is 7.89. The van der Waals surface area contributed by atoms with Crippen LogP contribution in [0.3, 0.4) is 0 Å². The average Bonchev–Trinajstić information content (AvgIpc) is 3.56. The van der Waals surface area contributed by atoms with Crippen molar-refractivity contribution in [2.75, 3.05) is 20.3 Å². The zero-order valence-corrected chi connectivity index (χ0v) is 27.1. The van der Waals surface area contributed by atoms with E-state index in [1.165, 1.54) is 22.8 Å². The number of nitrogens with zero attached hydrogens (tertiary/aromatic N) is 1. The number of hydrogen-bond acceptors (Lipinski definition) is 7. The molecule has 238 valence electrons. The number of benzene rings is 3. The van der Waals surface area contributed by atoms with Crippen LogP contribution in [0.2, 0.25) is 0 Å². The van der Waals surface area contributed by atoms with E-state index in [0.29, 0.717) is 11.3 Å². The quantitative estimate of drug-likeness (QED) is 0.163. The number of amides is 2. The first-order valence-electron chi connectivity index (χ1n) is 14.7. The number of methoxy groups -OCH3 is 1. The van der Waals surface area contributed by atoms with Crippen LogP contribution in [0, 0.1) is 0 Å². The van der Waals surface area contributed by atoms with Crippen LogP contribution in [0.1, 0.15) is 59.2 Å². The van der Waals surface area contributed by atoms with Gasteiger partial charge in [0.15, 0.2) is 0 Å². The molecule has 2 unspecified atom stereocenters. The lowest BCUT2D eigenvalue weighted by molar-refractivity contribution is -0.124. The van der Waals surface area contributed by atoms with Gasteiger partial charge in [-0.25, -0.2) is 13.2 Å². The van der Waals surface area contributed by atoms with Crippen molar-refractivity contribution < 1.29 is 27.9 Å². The molecule has 0 radical (unpaired) electrons. The molecule has 0 aliphatic carbocycles. The van der Waals surface area contributed by atoms with Crippen LogP contribution in [-0.4, -0.2) is 56.1 Å². The predicted molar refractivity (Wildman–Crippen MR) is 175 cm³/mol. The first-order valence-corrected chi connectivity index (χ1v) is 17.0. The molecule has 11 heteroatoms. The Balaban J connectivity index is 1.62. The van der Waals surface area contributed by atoms with Crippen molar-refractivity contribution in [2.24, 2.45) is 0 Å². The van der Waals surface area contributed by atoms with Gasteiger partial charge in [-0.2, -0.15) is 4.31 Å². The van der Waals surface area contributed by atoms with E-state index >= 15 is 0 Å². The number of alkyl carbamates (subject to hydrolysis) is 1. The Bertz CT molecular complexity index is 1590. The molecule has 9 nitrogen and oxygen atoms in total. The van der Waals surface area contributed by atoms with E-state index in [9.17, 15) is 23.1 Å². The Morgan fingerprint density at radius 2 is 1.38 bits per heavy atom. The largest absolute Gasteiger partial charge is 0.453 e. The smallest absolute Gasteiger partial charge is 0.407 e. The number of carbonyl (C=O) groups is 2. The molecule has 0 saturated carbocycles. The van der Waals surface area contributed by atoms with Crippen molar-refractivity contribution in [1.29, 1.82) is 0 Å². The first-order chi connectivity index (χ1) is 21.7. The van der Waals surface area contributed by atoms with E-state index in [0.717, 1.165) is 16.0 Å². The maximum absolute atomic E-state index is 13.9. The second-order valence-corrected chi connectivity index (χ2v) is 13.5. The summed E-state index contributed by atoms with van der Waals surface area (Å²) in [6.45, 7) is 3.52. The fourth-order valence-electron chi connectivity index (χ4n) is 5.25. The van der Waals surface area contributed by atoms with E-state index in [1.54, 1.807) is 36.4 Å². The summed E-state index contributed by atoms with van der Waals surface area (Å²) in [5, 5.41) is 16.2. The second-order valence-electron chi connectivity index (χ2n) is 10.5. The summed E-state index contributed by atoms with van der Waals surface area (Å²) in [4.78, 5) is 28.0. The van der Waals surface area contributed by atoms with Gasteiger partial charge in [-0.1, -0.05) is 85.8 Å². The Hall–Kier alpha value is -4.03. The van der Waals surface area contributed by atoms with E-state index in [2.05, 4.69) is 10.6 Å². The highest BCUT2D eigenvalue weighted by atomic mass is 32.2. The number of thiophene rings is 1. The van der Waals surface area contributed by atoms with E-state index < -0.39 is 52.7 Å². The summed E-state index contributed by atoms with van der Waals surface area (Å²) in [6, 6.07) is 28.4. The lowest BCUT2D eigenvalue weighted by Gasteiger charge is -2.29. The molecule has 4 aromatic rings. The number of ether oxygens (including phenoxy) is 1. The average molecular weight is 650 g/mol. The van der Waals surface area contributed by atoms with Crippen LogP contribution >= 0.6 is 11.3 Å². The molecular formula is C34H39N3O6S2. The number of sulfonamides is 1. The summed E-state index contributed by atoms with van der Waals surface area (Å²) >= 11 is 1.32. The maximum atomic E-state index is 13.9. The van der Waals surface area contributed by atoms with Gasteiger partial charge in [-0.3, -0.25) is 4.79 Å². The second kappa shape index (κ2) is 15.8. The zero-order valence-electron chi connectivity index (χ0n) is 25.5. The van der Waals surface area contributed by atoms with Crippen molar-refractivity contribution >= 4 is 33.4 Å². The molecule has 1 heterocycles. The molecule has 1 aromatic heterocycles. The minimum atomic E-state index is -3.88. The van der Waals surface area contributed by atoms with Gasteiger partial charge >= 0.3 is 6.09 Å². The van der Waals surface area contributed by atoms with Gasteiger partial charge in [0.1, 0.15) is 6.04 Å². The van der Waals surface area contributed by atoms with Gasteiger partial charge in [0, 0.05) is 22.2 Å². The highest BCUT2D eigenvalue weighted by Crippen LogP contribution is 2.35. The predicted octanol–water partition coefficient (Wildman–Crippen LogP) is 5.62. The highest BCUT2D eigenvalue weighted by Gasteiger charge is 2.35. The normalized spacial score (nSPS) is 13.6. The molecule has 4 rings (SSSR count). The first kappa shape index (κ1) is 33.9. The van der Waals surface area contributed by atoms with Crippen molar-refractivity contribution in [1.82, 2.24) is 14.9 Å². The van der Waals surface area contributed by atoms with Gasteiger partial charge in [-0.15, -0.1) is 11.3 Å². The van der Waals surface area contributed by atoms with Gasteiger partial charge in [-0.05, 0) is 48.7 Å². The van der Waals surface area contributed by atoms with Crippen molar-refractivity contribution in [2.45, 2.75) is 49.2 Å². The molecule has 0 bridgehead atoms. The van der Waals surface area contributed by atoms with Gasteiger partial charge in [0.25, 0.3) is 0 Å². The number of hydrogen-bond donors (Lipinski definition) is 3. The Kier molecular flexibility index (Phi) is 11.9. The fraction of sp³-hybridized carbons (Fsp3) is 0.294. The van der Waals surface area contributed by atoms with Gasteiger partial charge in [0.05, 0.1) is 30.7 Å². The van der Waals surface area contributed by atoms with E-state index in [1.807, 2.05) is 80.6 Å². The maximum Gasteiger partial charge on any atom is 0.407 e. The number of nitrogens with one attached hydrogen (secondary N) is 2. The van der Waals surface area contributed by atoms with Crippen LogP contribution < -0.4 is 10.6 Å². The molecule has 0 spiro atoms. The molecule has 0 saturated heterocycles. The standard InChI is InChI=1S/C34H39N3O6S2/c1-4-22-37(45(41,42)27-18-12-7-13-19-27)28(23-38)30-21-20-29(44-30)24(2)35-33(39)32(36-34(40)43-3)31(25-14-8-5-9-15-25)26-16-10-6-11-17-26/h5-21,24,28,31-32,38H,4,22-23H2,1-3H3,(H,35,39)(H,36,40)/t24?,28?,32-/m0/s1. The lowest BCUT2D eigenvalue weighted by Crippen LogP contribution is -2.50. The van der Waals surface area contributed by atoms with Crippen molar-refractivity contribution in [3.05, 3.63) is 124 Å². The summed E-state index contributed by atoms with van der Waals surface area (Å²) in [5.41, 5.74) is 1.68. The Morgan fingerprint density at radius 1 is 0.844 bits per heavy atom. The van der Waals surface area contributed by atoms with Crippen LogP contribution in [0.4, 0.5) is 4.79 Å². The number of carbonyl (C=O) groups excluding carboxylic acids is 2. The summed E-state index contributed by atoms with van der Waals surface area (Å²) in [6.07, 6.45) is -0.175. The summed E-state index contributed by atoms with van der Waals surface area (Å²) in [7, 11) is -2.63. The van der Waals surface area contributed by atoms with E-state index in [-0.39, 0.29) is 11.4 Å². The number of aliphatic hydroxyl groups excluding tert-OH is 1. The van der Waals surface area contributed by atoms with Gasteiger partial charge in [0.2, 0.25) is 15.9 Å². The minimum Gasteiger partial charge on any atom is -0.453 e. The topological polar surface area (TPSA) is 125 Å². The molecule has 0 aliphatic rings. The van der Waals surface area contributed by atoms with Gasteiger partial charge < -0.3 is 20.5 Å². The van der Waals surface area contributed by atoms with Crippen LogP contribution in [0.25, 0.3) is 0 Å². The fourth-order valence-corrected chi connectivity index (χ4v) is 8.15. The van der Waals surface area contributed by atoms with Crippen molar-refractivity contribution in [3.63, 3.8) is 0 Å². The molecule has 3 atom stereocenters. The molecule has 3 aromatic carbocycles. The SMILES string of the molecule is CCCN(C(CO)c1ccc(C(C)NC(=O)[C@@H](NC(=O)OC)C(c2ccccc2)c2ccccc2)s1)S(=O)(=O)c1ccccc1. The third kappa shape index (κ3) is 8.17. The summed E-state index contributed by atoms with van der Waals surface area (Å²) < 4.78 is 33.4. The van der Waals surface area contributed by atoms with Crippen LogP contribution in [0.15, 0.2) is 108 Å². The third-order valence-electron chi connectivity index (χ3n) is 7.47. The molecule has 3 N–H and O–H groups in total. The molecule has 2 amide bonds. The van der Waals surface area contributed by atoms with E-state index in [4.69, 9.17) is 4.74 Å². The number of rotatable bonds is 14. The molecular weight excluding hydrogens is 611 g/mol. The van der Waals surface area contributed by atoms with Crippen LogP contribution in [0.5, 0.6) is 0 Å².